The first-order valence-corrected chi connectivity index (χ1v) is 7.51. The quantitative estimate of drug-likeness (QED) is 0.551. The van der Waals surface area contributed by atoms with Crippen molar-refractivity contribution in [1.29, 1.82) is 0 Å². The number of benzene rings is 2. The number of hydrogen-bond donors (Lipinski definition) is 0. The lowest BCUT2D eigenvalue weighted by molar-refractivity contribution is 0.639. The van der Waals surface area contributed by atoms with E-state index in [4.69, 9.17) is 4.98 Å². The topological polar surface area (TPSA) is 12.9 Å². The highest BCUT2D eigenvalue weighted by Gasteiger charge is 2.35. The van der Waals surface area contributed by atoms with Gasteiger partial charge in [0.25, 0.3) is 0 Å². The van der Waals surface area contributed by atoms with Crippen molar-refractivity contribution in [2.75, 3.05) is 0 Å². The van der Waals surface area contributed by atoms with Crippen LogP contribution in [0, 0.1) is 13.8 Å². The van der Waals surface area contributed by atoms with Gasteiger partial charge in [-0.05, 0) is 47.6 Å². The molecule has 1 heterocycles. The van der Waals surface area contributed by atoms with Gasteiger partial charge in [-0.15, -0.1) is 0 Å². The van der Waals surface area contributed by atoms with Crippen molar-refractivity contribution >= 4 is 10.8 Å². The molecule has 104 valence electrons. The van der Waals surface area contributed by atoms with Crippen LogP contribution >= 0.6 is 0 Å². The van der Waals surface area contributed by atoms with E-state index in [1.807, 2.05) is 6.20 Å². The molecule has 0 saturated carbocycles. The van der Waals surface area contributed by atoms with Gasteiger partial charge in [-0.25, -0.2) is 0 Å². The first-order chi connectivity index (χ1) is 10.0. The Kier molecular flexibility index (Phi) is 2.36. The van der Waals surface area contributed by atoms with Crippen molar-refractivity contribution in [2.24, 2.45) is 0 Å². The van der Waals surface area contributed by atoms with Gasteiger partial charge in [-0.3, -0.25) is 4.98 Å². The van der Waals surface area contributed by atoms with Crippen molar-refractivity contribution in [3.63, 3.8) is 0 Å². The summed E-state index contributed by atoms with van der Waals surface area (Å²) in [4.78, 5) is 4.73. The fourth-order valence-corrected chi connectivity index (χ4v) is 4.00. The van der Waals surface area contributed by atoms with Crippen LogP contribution in [0.25, 0.3) is 22.0 Å². The molecule has 0 saturated heterocycles. The van der Waals surface area contributed by atoms with Gasteiger partial charge in [0.05, 0.1) is 5.69 Å². The highest BCUT2D eigenvalue weighted by Crippen LogP contribution is 2.49. The SMILES string of the molecule is Cc1cccc2c1C(C)(C)c1ccc(C)c3ccnc-2c13. The highest BCUT2D eigenvalue weighted by molar-refractivity contribution is 6.02. The van der Waals surface area contributed by atoms with Crippen LogP contribution in [0.2, 0.25) is 0 Å². The molecule has 0 fully saturated rings. The fourth-order valence-electron chi connectivity index (χ4n) is 4.00. The summed E-state index contributed by atoms with van der Waals surface area (Å²) in [5, 5.41) is 2.67. The number of hydrogen-bond acceptors (Lipinski definition) is 1. The van der Waals surface area contributed by atoms with Crippen LogP contribution in [0.3, 0.4) is 0 Å². The average Bonchev–Trinajstić information content (AvgIpc) is 2.45. The van der Waals surface area contributed by atoms with Crippen LogP contribution in [0.15, 0.2) is 42.6 Å². The van der Waals surface area contributed by atoms with Gasteiger partial charge in [0.2, 0.25) is 0 Å². The number of rotatable bonds is 0. The Labute approximate surface area is 125 Å². The molecule has 0 radical (unpaired) electrons. The van der Waals surface area contributed by atoms with E-state index in [2.05, 4.69) is 64.1 Å². The lowest BCUT2D eigenvalue weighted by Crippen LogP contribution is -2.25. The standard InChI is InChI=1S/C20H19N/c1-12-8-9-16-17-14(12)10-11-21-19(17)15-7-5-6-13(2)18(15)20(16,3)4/h5-11H,1-4H3. The van der Waals surface area contributed by atoms with Crippen molar-refractivity contribution in [3.8, 4) is 11.3 Å². The Morgan fingerprint density at radius 3 is 2.52 bits per heavy atom. The molecule has 1 aliphatic carbocycles. The maximum Gasteiger partial charge on any atom is 0.0786 e. The lowest BCUT2D eigenvalue weighted by Gasteiger charge is -2.36. The van der Waals surface area contributed by atoms with Crippen molar-refractivity contribution in [3.05, 3.63) is 64.8 Å². The molecule has 1 aliphatic rings. The molecule has 0 atom stereocenters. The number of aryl methyl sites for hydroxylation is 2. The van der Waals surface area contributed by atoms with E-state index in [-0.39, 0.29) is 5.41 Å². The summed E-state index contributed by atoms with van der Waals surface area (Å²) in [5.74, 6) is 0. The van der Waals surface area contributed by atoms with E-state index >= 15 is 0 Å². The van der Waals surface area contributed by atoms with Gasteiger partial charge in [0.15, 0.2) is 0 Å². The molecule has 0 unspecified atom stereocenters. The van der Waals surface area contributed by atoms with Crippen molar-refractivity contribution < 1.29 is 0 Å². The molecule has 1 heteroatoms. The minimum atomic E-state index is 0.0165. The zero-order chi connectivity index (χ0) is 14.8. The van der Waals surface area contributed by atoms with Gasteiger partial charge in [-0.1, -0.05) is 44.2 Å². The Hall–Kier alpha value is -2.15. The molecule has 1 aromatic heterocycles. The van der Waals surface area contributed by atoms with E-state index < -0.39 is 0 Å². The third-order valence-corrected chi connectivity index (χ3v) is 4.97. The molecule has 0 spiro atoms. The minimum Gasteiger partial charge on any atom is -0.256 e. The van der Waals surface area contributed by atoms with E-state index in [1.165, 1.54) is 38.6 Å². The summed E-state index contributed by atoms with van der Waals surface area (Å²) in [6, 6.07) is 13.3. The molecule has 0 aliphatic heterocycles. The molecule has 0 amide bonds. The first-order valence-electron chi connectivity index (χ1n) is 7.51. The monoisotopic (exact) mass is 273 g/mol. The third-order valence-electron chi connectivity index (χ3n) is 4.97. The smallest absolute Gasteiger partial charge is 0.0786 e. The van der Waals surface area contributed by atoms with E-state index in [0.717, 1.165) is 5.69 Å². The molecule has 0 N–H and O–H groups in total. The summed E-state index contributed by atoms with van der Waals surface area (Å²) in [6.45, 7) is 9.05. The largest absolute Gasteiger partial charge is 0.256 e. The van der Waals surface area contributed by atoms with Crippen molar-refractivity contribution in [2.45, 2.75) is 33.1 Å². The van der Waals surface area contributed by atoms with Crippen LogP contribution in [-0.2, 0) is 5.41 Å². The molecule has 3 aromatic rings. The molecule has 0 bridgehead atoms. The van der Waals surface area contributed by atoms with Crippen LogP contribution in [0.4, 0.5) is 0 Å². The van der Waals surface area contributed by atoms with Crippen molar-refractivity contribution in [1.82, 2.24) is 4.98 Å². The fraction of sp³-hybridized carbons (Fsp3) is 0.250. The Morgan fingerprint density at radius 2 is 1.71 bits per heavy atom. The Balaban J connectivity index is 2.29. The second kappa shape index (κ2) is 3.94. The number of pyridine rings is 1. The van der Waals surface area contributed by atoms with Gasteiger partial charge < -0.3 is 0 Å². The zero-order valence-corrected chi connectivity index (χ0v) is 13.0. The summed E-state index contributed by atoms with van der Waals surface area (Å²) in [7, 11) is 0. The predicted molar refractivity (Wildman–Crippen MR) is 88.8 cm³/mol. The number of aromatic nitrogens is 1. The maximum absolute atomic E-state index is 4.73. The molecule has 4 rings (SSSR count). The summed E-state index contributed by atoms with van der Waals surface area (Å²) in [6.07, 6.45) is 1.94. The second-order valence-corrected chi connectivity index (χ2v) is 6.63. The van der Waals surface area contributed by atoms with Crippen LogP contribution in [0.1, 0.15) is 36.1 Å². The maximum atomic E-state index is 4.73. The van der Waals surface area contributed by atoms with Gasteiger partial charge in [0, 0.05) is 22.6 Å². The van der Waals surface area contributed by atoms with Crippen LogP contribution in [-0.4, -0.2) is 4.98 Å². The molecule has 2 aromatic carbocycles. The lowest BCUT2D eigenvalue weighted by atomic mass is 9.68. The molecule has 21 heavy (non-hydrogen) atoms. The van der Waals surface area contributed by atoms with Gasteiger partial charge >= 0.3 is 0 Å². The van der Waals surface area contributed by atoms with Crippen LogP contribution < -0.4 is 0 Å². The molecular weight excluding hydrogens is 254 g/mol. The Bertz CT molecular complexity index is 888. The number of fused-ring (bicyclic) bond motifs is 2. The zero-order valence-electron chi connectivity index (χ0n) is 13.0. The van der Waals surface area contributed by atoms with Crippen LogP contribution in [0.5, 0.6) is 0 Å². The Morgan fingerprint density at radius 1 is 0.905 bits per heavy atom. The normalized spacial score (nSPS) is 15.0. The third kappa shape index (κ3) is 1.49. The van der Waals surface area contributed by atoms with E-state index in [1.54, 1.807) is 0 Å². The van der Waals surface area contributed by atoms with Gasteiger partial charge in [0.1, 0.15) is 0 Å². The number of nitrogens with zero attached hydrogens (tertiary/aromatic N) is 1. The molecule has 1 nitrogen and oxygen atoms in total. The summed E-state index contributed by atoms with van der Waals surface area (Å²) < 4.78 is 0. The minimum absolute atomic E-state index is 0.0165. The highest BCUT2D eigenvalue weighted by atomic mass is 14.7. The summed E-state index contributed by atoms with van der Waals surface area (Å²) in [5.41, 5.74) is 7.94. The second-order valence-electron chi connectivity index (χ2n) is 6.63. The van der Waals surface area contributed by atoms with Gasteiger partial charge in [-0.2, -0.15) is 0 Å². The van der Waals surface area contributed by atoms with E-state index in [9.17, 15) is 0 Å². The average molecular weight is 273 g/mol. The summed E-state index contributed by atoms with van der Waals surface area (Å²) >= 11 is 0. The predicted octanol–water partition coefficient (Wildman–Crippen LogP) is 5.16. The first kappa shape index (κ1) is 12.6. The molecular formula is C20H19N. The van der Waals surface area contributed by atoms with E-state index in [0.29, 0.717) is 0 Å².